The highest BCUT2D eigenvalue weighted by atomic mass is 35.5. The van der Waals surface area contributed by atoms with Crippen LogP contribution in [0.1, 0.15) is 12.5 Å². The molecule has 0 aromatic heterocycles. The van der Waals surface area contributed by atoms with Gasteiger partial charge in [-0.05, 0) is 24.6 Å². The van der Waals surface area contributed by atoms with E-state index >= 15 is 0 Å². The summed E-state index contributed by atoms with van der Waals surface area (Å²) >= 11 is 5.91. The third-order valence-corrected chi connectivity index (χ3v) is 4.64. The molecule has 4 nitrogen and oxygen atoms in total. The smallest absolute Gasteiger partial charge is 0.244 e. The molecule has 100 valence electrons. The molecule has 0 saturated carbocycles. The van der Waals surface area contributed by atoms with E-state index in [0.29, 0.717) is 5.56 Å². The van der Waals surface area contributed by atoms with E-state index in [-0.39, 0.29) is 23.1 Å². The van der Waals surface area contributed by atoms with Crippen molar-refractivity contribution in [3.63, 3.8) is 0 Å². The SMILES string of the molecule is C=C(C)CN(C)S(=O)(=O)c1cc(CO)ccc1Cl. The fraction of sp³-hybridized carbons (Fsp3) is 0.333. The zero-order valence-corrected chi connectivity index (χ0v) is 11.9. The Morgan fingerprint density at radius 1 is 1.50 bits per heavy atom. The predicted molar refractivity (Wildman–Crippen MR) is 72.0 cm³/mol. The van der Waals surface area contributed by atoms with Crippen LogP contribution in [-0.4, -0.2) is 31.4 Å². The second-order valence-electron chi connectivity index (χ2n) is 4.14. The van der Waals surface area contributed by atoms with Crippen LogP contribution in [0.4, 0.5) is 0 Å². The Morgan fingerprint density at radius 3 is 2.61 bits per heavy atom. The Morgan fingerprint density at radius 2 is 2.11 bits per heavy atom. The maximum atomic E-state index is 12.3. The second-order valence-corrected chi connectivity index (χ2v) is 6.56. The van der Waals surface area contributed by atoms with E-state index in [1.165, 1.54) is 23.5 Å². The van der Waals surface area contributed by atoms with Crippen molar-refractivity contribution in [3.8, 4) is 0 Å². The number of hydrogen-bond acceptors (Lipinski definition) is 3. The summed E-state index contributed by atoms with van der Waals surface area (Å²) in [5.74, 6) is 0. The summed E-state index contributed by atoms with van der Waals surface area (Å²) < 4.78 is 25.7. The highest BCUT2D eigenvalue weighted by Crippen LogP contribution is 2.25. The van der Waals surface area contributed by atoms with Crippen LogP contribution in [0.15, 0.2) is 35.2 Å². The molecule has 0 amide bonds. The van der Waals surface area contributed by atoms with Gasteiger partial charge < -0.3 is 5.11 Å². The Hall–Kier alpha value is -0.880. The average molecular weight is 290 g/mol. The molecule has 0 aliphatic carbocycles. The van der Waals surface area contributed by atoms with Crippen molar-refractivity contribution >= 4 is 21.6 Å². The number of aliphatic hydroxyl groups is 1. The van der Waals surface area contributed by atoms with Crippen LogP contribution in [0, 0.1) is 0 Å². The molecule has 0 radical (unpaired) electrons. The molecular formula is C12H16ClNO3S. The lowest BCUT2D eigenvalue weighted by molar-refractivity contribution is 0.281. The van der Waals surface area contributed by atoms with Gasteiger partial charge in [0.25, 0.3) is 0 Å². The minimum absolute atomic E-state index is 0.000494. The van der Waals surface area contributed by atoms with E-state index in [1.807, 2.05) is 0 Å². The van der Waals surface area contributed by atoms with Crippen molar-refractivity contribution in [2.45, 2.75) is 18.4 Å². The standard InChI is InChI=1S/C12H16ClNO3S/c1-9(2)7-14(3)18(16,17)12-6-10(8-15)4-5-11(12)13/h4-6,15H,1,7-8H2,2-3H3. The first-order valence-electron chi connectivity index (χ1n) is 5.29. The van der Waals surface area contributed by atoms with Crippen LogP contribution >= 0.6 is 11.6 Å². The van der Waals surface area contributed by atoms with Crippen LogP contribution in [0.3, 0.4) is 0 Å². The van der Waals surface area contributed by atoms with Gasteiger partial charge in [-0.2, -0.15) is 4.31 Å². The Kier molecular flexibility index (Phi) is 4.92. The van der Waals surface area contributed by atoms with Gasteiger partial charge in [0, 0.05) is 13.6 Å². The molecule has 1 rings (SSSR count). The fourth-order valence-corrected chi connectivity index (χ4v) is 3.23. The minimum atomic E-state index is -3.67. The Balaban J connectivity index is 3.23. The van der Waals surface area contributed by atoms with E-state index in [4.69, 9.17) is 16.7 Å². The monoisotopic (exact) mass is 289 g/mol. The van der Waals surface area contributed by atoms with Gasteiger partial charge in [-0.15, -0.1) is 0 Å². The van der Waals surface area contributed by atoms with E-state index in [1.54, 1.807) is 13.0 Å². The summed E-state index contributed by atoms with van der Waals surface area (Å²) in [4.78, 5) is -0.000494. The van der Waals surface area contributed by atoms with Gasteiger partial charge in [0.15, 0.2) is 0 Å². The number of aliphatic hydroxyl groups excluding tert-OH is 1. The molecule has 1 aromatic carbocycles. The van der Waals surface area contributed by atoms with Crippen LogP contribution in [-0.2, 0) is 16.6 Å². The summed E-state index contributed by atoms with van der Waals surface area (Å²) in [6, 6.07) is 4.43. The van der Waals surface area contributed by atoms with Crippen molar-refractivity contribution in [3.05, 3.63) is 40.9 Å². The van der Waals surface area contributed by atoms with Crippen LogP contribution in [0.2, 0.25) is 5.02 Å². The number of rotatable bonds is 5. The molecular weight excluding hydrogens is 274 g/mol. The summed E-state index contributed by atoms with van der Waals surface area (Å²) in [5.41, 5.74) is 1.23. The third-order valence-electron chi connectivity index (χ3n) is 2.36. The van der Waals surface area contributed by atoms with Crippen LogP contribution in [0.5, 0.6) is 0 Å². The zero-order valence-electron chi connectivity index (χ0n) is 10.4. The molecule has 0 aliphatic heterocycles. The van der Waals surface area contributed by atoms with Crippen molar-refractivity contribution in [2.24, 2.45) is 0 Å². The largest absolute Gasteiger partial charge is 0.392 e. The average Bonchev–Trinajstić information content (AvgIpc) is 2.28. The molecule has 1 N–H and O–H groups in total. The lowest BCUT2D eigenvalue weighted by Crippen LogP contribution is -2.28. The Bertz CT molecular complexity index is 554. The predicted octanol–water partition coefficient (Wildman–Crippen LogP) is 2.03. The van der Waals surface area contributed by atoms with E-state index in [0.717, 1.165) is 5.57 Å². The highest BCUT2D eigenvalue weighted by molar-refractivity contribution is 7.89. The van der Waals surface area contributed by atoms with Crippen LogP contribution in [0.25, 0.3) is 0 Å². The number of hydrogen-bond donors (Lipinski definition) is 1. The van der Waals surface area contributed by atoms with Crippen LogP contribution < -0.4 is 0 Å². The van der Waals surface area contributed by atoms with Gasteiger partial charge in [0.1, 0.15) is 4.90 Å². The van der Waals surface area contributed by atoms with Gasteiger partial charge in [0.05, 0.1) is 11.6 Å². The molecule has 18 heavy (non-hydrogen) atoms. The number of sulfonamides is 1. The van der Waals surface area contributed by atoms with E-state index < -0.39 is 10.0 Å². The van der Waals surface area contributed by atoms with Crippen molar-refractivity contribution < 1.29 is 13.5 Å². The lowest BCUT2D eigenvalue weighted by atomic mass is 10.2. The number of benzene rings is 1. The summed E-state index contributed by atoms with van der Waals surface area (Å²) in [6.07, 6.45) is 0. The first-order valence-corrected chi connectivity index (χ1v) is 7.11. The van der Waals surface area contributed by atoms with Crippen molar-refractivity contribution in [1.82, 2.24) is 4.31 Å². The Labute approximate surface area is 113 Å². The molecule has 0 aliphatic rings. The first-order chi connectivity index (χ1) is 8.28. The highest BCUT2D eigenvalue weighted by Gasteiger charge is 2.23. The normalized spacial score (nSPS) is 11.8. The second kappa shape index (κ2) is 5.84. The fourth-order valence-electron chi connectivity index (χ4n) is 1.48. The zero-order chi connectivity index (χ0) is 13.9. The van der Waals surface area contributed by atoms with E-state index in [9.17, 15) is 8.42 Å². The van der Waals surface area contributed by atoms with Crippen molar-refractivity contribution in [2.75, 3.05) is 13.6 Å². The summed E-state index contributed by atoms with van der Waals surface area (Å²) in [5, 5.41) is 9.18. The molecule has 0 bridgehead atoms. The quantitative estimate of drug-likeness (QED) is 0.844. The first kappa shape index (κ1) is 15.2. The third kappa shape index (κ3) is 3.32. The van der Waals surface area contributed by atoms with Gasteiger partial charge in [-0.3, -0.25) is 0 Å². The summed E-state index contributed by atoms with van der Waals surface area (Å²) in [6.45, 7) is 5.42. The molecule has 0 spiro atoms. The molecule has 0 atom stereocenters. The van der Waals surface area contributed by atoms with E-state index in [2.05, 4.69) is 6.58 Å². The molecule has 0 unspecified atom stereocenters. The minimum Gasteiger partial charge on any atom is -0.392 e. The van der Waals surface area contributed by atoms with Gasteiger partial charge in [-0.25, -0.2) is 8.42 Å². The number of halogens is 1. The molecule has 0 heterocycles. The summed E-state index contributed by atoms with van der Waals surface area (Å²) in [7, 11) is -2.20. The topological polar surface area (TPSA) is 57.6 Å². The lowest BCUT2D eigenvalue weighted by Gasteiger charge is -2.18. The molecule has 1 aromatic rings. The van der Waals surface area contributed by atoms with Gasteiger partial charge >= 0.3 is 0 Å². The van der Waals surface area contributed by atoms with Gasteiger partial charge in [-0.1, -0.05) is 29.8 Å². The molecule has 0 saturated heterocycles. The molecule has 0 fully saturated rings. The molecule has 6 heteroatoms. The number of nitrogens with zero attached hydrogens (tertiary/aromatic N) is 1. The maximum Gasteiger partial charge on any atom is 0.244 e. The van der Waals surface area contributed by atoms with Gasteiger partial charge in [0.2, 0.25) is 10.0 Å². The maximum absolute atomic E-state index is 12.3. The number of likely N-dealkylation sites (N-methyl/N-ethyl adjacent to an activating group) is 1. The van der Waals surface area contributed by atoms with Crippen molar-refractivity contribution in [1.29, 1.82) is 0 Å².